The number of hydrogen-bond donors (Lipinski definition) is 0. The second kappa shape index (κ2) is 9.62. The molecule has 2 saturated heterocycles. The molecule has 0 bridgehead atoms. The molecule has 0 unspecified atom stereocenters. The number of benzene rings is 2. The second-order valence-electron chi connectivity index (χ2n) is 8.82. The molecule has 37 heavy (non-hydrogen) atoms. The van der Waals surface area contributed by atoms with Crippen LogP contribution in [-0.4, -0.2) is 36.2 Å². The first kappa shape index (κ1) is 26.9. The molecule has 200 valence electrons. The lowest BCUT2D eigenvalue weighted by atomic mass is 9.96. The minimum absolute atomic E-state index is 0.380. The van der Waals surface area contributed by atoms with Gasteiger partial charge in [-0.2, -0.15) is 26.3 Å². The summed E-state index contributed by atoms with van der Waals surface area (Å²) < 4.78 is 105. The van der Waals surface area contributed by atoms with Crippen LogP contribution in [0.5, 0.6) is 11.5 Å². The Kier molecular flexibility index (Phi) is 6.99. The average molecular weight is 534 g/mol. The van der Waals surface area contributed by atoms with Crippen molar-refractivity contribution < 1.29 is 59.6 Å². The molecule has 0 spiro atoms. The van der Waals surface area contributed by atoms with Gasteiger partial charge in [0.15, 0.2) is 12.1 Å². The summed E-state index contributed by atoms with van der Waals surface area (Å²) in [7, 11) is 0. The van der Waals surface area contributed by atoms with Gasteiger partial charge in [0, 0.05) is 0 Å². The van der Waals surface area contributed by atoms with Gasteiger partial charge in [-0.25, -0.2) is 0 Å². The minimum atomic E-state index is -4.67. The number of ether oxygens (including phenoxy) is 5. The number of hydrogen-bond acceptors (Lipinski definition) is 7. The highest BCUT2D eigenvalue weighted by atomic mass is 19.4. The fourth-order valence-electron chi connectivity index (χ4n) is 4.03. The van der Waals surface area contributed by atoms with Crippen molar-refractivity contribution in [3.8, 4) is 11.5 Å². The predicted molar refractivity (Wildman–Crippen MR) is 111 cm³/mol. The van der Waals surface area contributed by atoms with E-state index >= 15 is 0 Å². The van der Waals surface area contributed by atoms with Gasteiger partial charge in [-0.15, -0.1) is 0 Å². The number of carbonyl (C=O) groups excluding carboxylic acids is 2. The van der Waals surface area contributed by atoms with E-state index in [4.69, 9.17) is 23.7 Å². The molecule has 0 radical (unpaired) electrons. The van der Waals surface area contributed by atoms with Crippen LogP contribution in [0.25, 0.3) is 0 Å². The fourth-order valence-corrected chi connectivity index (χ4v) is 4.03. The van der Waals surface area contributed by atoms with E-state index in [0.29, 0.717) is 12.1 Å². The minimum Gasteiger partial charge on any atom is -0.426 e. The summed E-state index contributed by atoms with van der Waals surface area (Å²) in [6.45, 7) is 3.08. The quantitative estimate of drug-likeness (QED) is 0.299. The van der Waals surface area contributed by atoms with Gasteiger partial charge < -0.3 is 23.7 Å². The zero-order chi connectivity index (χ0) is 27.2. The lowest BCUT2D eigenvalue weighted by Gasteiger charge is -2.24. The molecule has 4 atom stereocenters. The third kappa shape index (κ3) is 6.22. The van der Waals surface area contributed by atoms with Crippen LogP contribution in [0.15, 0.2) is 48.5 Å². The summed E-state index contributed by atoms with van der Waals surface area (Å²) in [4.78, 5) is 25.6. The molecule has 2 aliphatic heterocycles. The van der Waals surface area contributed by atoms with E-state index in [1.54, 1.807) is 13.8 Å². The van der Waals surface area contributed by atoms with Crippen LogP contribution in [-0.2, 0) is 36.2 Å². The van der Waals surface area contributed by atoms with Crippen molar-refractivity contribution in [3.63, 3.8) is 0 Å². The second-order valence-corrected chi connectivity index (χ2v) is 8.82. The van der Waals surface area contributed by atoms with Crippen molar-refractivity contribution in [2.24, 2.45) is 5.92 Å². The largest absolute Gasteiger partial charge is 0.426 e. The average Bonchev–Trinajstić information content (AvgIpc) is 3.23. The zero-order valence-corrected chi connectivity index (χ0v) is 19.3. The van der Waals surface area contributed by atoms with Crippen molar-refractivity contribution in [1.82, 2.24) is 0 Å². The molecule has 4 rings (SSSR count). The summed E-state index contributed by atoms with van der Waals surface area (Å²) in [5, 5.41) is 0. The van der Waals surface area contributed by atoms with E-state index in [9.17, 15) is 35.9 Å². The molecule has 7 nitrogen and oxygen atoms in total. The van der Waals surface area contributed by atoms with Crippen LogP contribution in [0.1, 0.15) is 31.4 Å². The number of fused-ring (bicyclic) bond motifs is 1. The Hall–Kier alpha value is -3.16. The van der Waals surface area contributed by atoms with Gasteiger partial charge in [0.2, 0.25) is 0 Å². The summed E-state index contributed by atoms with van der Waals surface area (Å²) in [5.41, 5.74) is -2.07. The third-order valence-corrected chi connectivity index (χ3v) is 5.56. The molecule has 0 amide bonds. The first-order valence-corrected chi connectivity index (χ1v) is 10.9. The molecular weight excluding hydrogens is 514 g/mol. The maximum atomic E-state index is 13.0. The number of esters is 2. The standard InChI is InChI=1S/C24H20F6O7/c1-22(2)36-19-18(20(32)34-15-8-4-6-13(10-15)24(28,29)30)16(35-21(19)37-22)11-17(31)33-14-7-3-5-12(9-14)23(25,26)27/h3-10,16,18-19,21H,11H2,1-2H3/t16-,18+,19-,21-/m1/s1. The summed E-state index contributed by atoms with van der Waals surface area (Å²) in [5.74, 6) is -5.35. The van der Waals surface area contributed by atoms with Crippen molar-refractivity contribution in [2.45, 2.75) is 56.9 Å². The first-order chi connectivity index (χ1) is 17.1. The lowest BCUT2D eigenvalue weighted by Crippen LogP contribution is -2.39. The molecule has 2 fully saturated rings. The molecule has 0 aliphatic carbocycles. The summed E-state index contributed by atoms with van der Waals surface area (Å²) >= 11 is 0. The summed E-state index contributed by atoms with van der Waals surface area (Å²) in [6, 6.07) is 7.28. The highest BCUT2D eigenvalue weighted by Crippen LogP contribution is 2.43. The number of halogens is 6. The van der Waals surface area contributed by atoms with Gasteiger partial charge >= 0.3 is 24.3 Å². The third-order valence-electron chi connectivity index (χ3n) is 5.56. The van der Waals surface area contributed by atoms with Crippen molar-refractivity contribution in [3.05, 3.63) is 59.7 Å². The van der Waals surface area contributed by atoms with Crippen LogP contribution >= 0.6 is 0 Å². The molecule has 0 saturated carbocycles. The van der Waals surface area contributed by atoms with Crippen LogP contribution in [0.4, 0.5) is 26.3 Å². The Morgan fingerprint density at radius 2 is 1.41 bits per heavy atom. The van der Waals surface area contributed by atoms with E-state index in [1.807, 2.05) is 0 Å². The molecule has 2 aliphatic rings. The smallest absolute Gasteiger partial charge is 0.416 e. The molecule has 13 heteroatoms. The Bertz CT molecular complexity index is 1180. The SMILES string of the molecule is CC1(C)O[C@H]2O[C@H](CC(=O)Oc3cccc(C(F)(F)F)c3)[C@H](C(=O)Oc3cccc(C(F)(F)F)c3)[C@H]2O1. The monoisotopic (exact) mass is 534 g/mol. The van der Waals surface area contributed by atoms with E-state index in [-0.39, 0.29) is 5.75 Å². The first-order valence-electron chi connectivity index (χ1n) is 10.9. The lowest BCUT2D eigenvalue weighted by molar-refractivity contribution is -0.212. The number of carbonyl (C=O) groups is 2. The predicted octanol–water partition coefficient (Wildman–Crippen LogP) is 5.12. The Morgan fingerprint density at radius 3 is 1.95 bits per heavy atom. The molecular formula is C24H20F6O7. The molecule has 2 aromatic rings. The van der Waals surface area contributed by atoms with Crippen molar-refractivity contribution in [1.29, 1.82) is 0 Å². The normalized spacial score (nSPS) is 25.0. The molecule has 2 aromatic carbocycles. The van der Waals surface area contributed by atoms with Crippen LogP contribution in [0, 0.1) is 5.92 Å². The van der Waals surface area contributed by atoms with E-state index in [1.165, 1.54) is 0 Å². The van der Waals surface area contributed by atoms with E-state index in [2.05, 4.69) is 0 Å². The molecule has 0 N–H and O–H groups in total. The van der Waals surface area contributed by atoms with Gasteiger partial charge in [-0.1, -0.05) is 12.1 Å². The van der Waals surface area contributed by atoms with E-state index < -0.39 is 77.8 Å². The fraction of sp³-hybridized carbons (Fsp3) is 0.417. The molecule has 0 aromatic heterocycles. The Labute approximate surface area is 206 Å². The van der Waals surface area contributed by atoms with Gasteiger partial charge in [0.1, 0.15) is 23.5 Å². The van der Waals surface area contributed by atoms with Crippen LogP contribution in [0.3, 0.4) is 0 Å². The zero-order valence-electron chi connectivity index (χ0n) is 19.3. The number of rotatable bonds is 5. The van der Waals surface area contributed by atoms with Crippen molar-refractivity contribution >= 4 is 11.9 Å². The highest BCUT2D eigenvalue weighted by molar-refractivity contribution is 5.79. The summed E-state index contributed by atoms with van der Waals surface area (Å²) in [6.07, 6.45) is -13.4. The maximum Gasteiger partial charge on any atom is 0.416 e. The van der Waals surface area contributed by atoms with Crippen LogP contribution < -0.4 is 9.47 Å². The van der Waals surface area contributed by atoms with Gasteiger partial charge in [-0.3, -0.25) is 9.59 Å². The maximum absolute atomic E-state index is 13.0. The Balaban J connectivity index is 1.51. The van der Waals surface area contributed by atoms with Gasteiger partial charge in [0.05, 0.1) is 23.7 Å². The molecule has 2 heterocycles. The Morgan fingerprint density at radius 1 is 0.865 bits per heavy atom. The highest BCUT2D eigenvalue weighted by Gasteiger charge is 2.58. The van der Waals surface area contributed by atoms with Gasteiger partial charge in [0.25, 0.3) is 0 Å². The topological polar surface area (TPSA) is 80.3 Å². The van der Waals surface area contributed by atoms with Gasteiger partial charge in [-0.05, 0) is 50.2 Å². The van der Waals surface area contributed by atoms with Crippen molar-refractivity contribution in [2.75, 3.05) is 0 Å². The van der Waals surface area contributed by atoms with Crippen LogP contribution in [0.2, 0.25) is 0 Å². The van der Waals surface area contributed by atoms with E-state index in [0.717, 1.165) is 36.4 Å². The number of alkyl halides is 6.